The maximum atomic E-state index is 12.4. The summed E-state index contributed by atoms with van der Waals surface area (Å²) in [6.45, 7) is 4.17. The van der Waals surface area contributed by atoms with E-state index in [0.29, 0.717) is 6.61 Å². The highest BCUT2D eigenvalue weighted by Crippen LogP contribution is 2.41. The van der Waals surface area contributed by atoms with Crippen molar-refractivity contribution in [1.29, 1.82) is 0 Å². The Morgan fingerprint density at radius 3 is 2.79 bits per heavy atom. The molecule has 0 aromatic heterocycles. The summed E-state index contributed by atoms with van der Waals surface area (Å²) in [5, 5.41) is 0. The molecule has 19 heavy (non-hydrogen) atoms. The molecule has 2 rings (SSSR count). The Balaban J connectivity index is 2.38. The number of rotatable bonds is 4. The van der Waals surface area contributed by atoms with E-state index >= 15 is 0 Å². The molecule has 0 atom stereocenters. The summed E-state index contributed by atoms with van der Waals surface area (Å²) in [7, 11) is 0. The van der Waals surface area contributed by atoms with Gasteiger partial charge in [0.1, 0.15) is 5.75 Å². The van der Waals surface area contributed by atoms with Crippen molar-refractivity contribution in [2.24, 2.45) is 0 Å². The Hall–Kier alpha value is -0.970. The summed E-state index contributed by atoms with van der Waals surface area (Å²) >= 11 is 3.41. The van der Waals surface area contributed by atoms with Gasteiger partial charge in [0.25, 0.3) is 6.43 Å². The molecular formula is C14H15BrF2O2. The van der Waals surface area contributed by atoms with E-state index in [1.54, 1.807) is 13.8 Å². The molecule has 1 aliphatic heterocycles. The van der Waals surface area contributed by atoms with Crippen LogP contribution in [0.2, 0.25) is 0 Å². The summed E-state index contributed by atoms with van der Waals surface area (Å²) in [4.78, 5) is 11.3. The van der Waals surface area contributed by atoms with Gasteiger partial charge in [-0.25, -0.2) is 8.78 Å². The summed E-state index contributed by atoms with van der Waals surface area (Å²) in [6.07, 6.45) is -2.31. The molecule has 0 unspecified atom stereocenters. The molecule has 0 spiro atoms. The molecule has 0 bridgehead atoms. The quantitative estimate of drug-likeness (QED) is 0.836. The number of carbonyl (C=O) groups excluding carboxylic acids is 1. The van der Waals surface area contributed by atoms with E-state index in [-0.39, 0.29) is 6.42 Å². The van der Waals surface area contributed by atoms with E-state index < -0.39 is 17.6 Å². The van der Waals surface area contributed by atoms with Crippen molar-refractivity contribution in [3.8, 4) is 5.75 Å². The Labute approximate surface area is 119 Å². The molecule has 104 valence electrons. The number of ether oxygens (including phenoxy) is 1. The maximum absolute atomic E-state index is 12.4. The van der Waals surface area contributed by atoms with E-state index in [2.05, 4.69) is 15.9 Å². The number of alkyl halides is 2. The van der Waals surface area contributed by atoms with Crippen LogP contribution in [0.4, 0.5) is 8.78 Å². The van der Waals surface area contributed by atoms with Crippen LogP contribution in [0.3, 0.4) is 0 Å². The SMILES string of the molecule is CC(C)(CC(=O)C(F)F)c1cc(Br)cc2c1OCC2. The first-order chi connectivity index (χ1) is 8.81. The number of halogens is 3. The fourth-order valence-corrected chi connectivity index (χ4v) is 2.89. The van der Waals surface area contributed by atoms with E-state index in [1.807, 2.05) is 12.1 Å². The van der Waals surface area contributed by atoms with Gasteiger partial charge in [-0.1, -0.05) is 29.8 Å². The third kappa shape index (κ3) is 2.96. The second-order valence-electron chi connectivity index (χ2n) is 5.37. The maximum Gasteiger partial charge on any atom is 0.296 e. The standard InChI is InChI=1S/C14H15BrF2O2/c1-14(2,7-11(18)13(16)17)10-6-9(15)5-8-3-4-19-12(8)10/h5-6,13H,3-4,7H2,1-2H3. The Bertz CT molecular complexity index is 512. The largest absolute Gasteiger partial charge is 0.493 e. The molecule has 1 aromatic rings. The lowest BCUT2D eigenvalue weighted by Gasteiger charge is -2.26. The summed E-state index contributed by atoms with van der Waals surface area (Å²) in [6, 6.07) is 3.82. The summed E-state index contributed by atoms with van der Waals surface area (Å²) < 4.78 is 31.3. The molecule has 0 saturated carbocycles. The molecule has 0 fully saturated rings. The number of benzene rings is 1. The lowest BCUT2D eigenvalue weighted by molar-refractivity contribution is -0.130. The molecule has 1 aromatic carbocycles. The van der Waals surface area contributed by atoms with E-state index in [9.17, 15) is 13.6 Å². The number of Topliss-reactive ketones (excluding diaryl/α,β-unsaturated/α-hetero) is 1. The van der Waals surface area contributed by atoms with Crippen LogP contribution in [-0.2, 0) is 16.6 Å². The zero-order chi connectivity index (χ0) is 14.2. The summed E-state index contributed by atoms with van der Waals surface area (Å²) in [5.74, 6) is -0.285. The average Bonchev–Trinajstić information content (AvgIpc) is 2.74. The molecule has 5 heteroatoms. The number of fused-ring (bicyclic) bond motifs is 1. The molecule has 2 nitrogen and oxygen atoms in total. The molecule has 0 aliphatic carbocycles. The van der Waals surface area contributed by atoms with Crippen LogP contribution in [0.1, 0.15) is 31.4 Å². The predicted molar refractivity (Wildman–Crippen MR) is 72.0 cm³/mol. The molecule has 0 amide bonds. The molecule has 1 aliphatic rings. The zero-order valence-electron chi connectivity index (χ0n) is 10.8. The van der Waals surface area contributed by atoms with Crippen molar-refractivity contribution >= 4 is 21.7 Å². The Kier molecular flexibility index (Phi) is 3.95. The number of hydrogen-bond acceptors (Lipinski definition) is 2. The van der Waals surface area contributed by atoms with Crippen LogP contribution in [0.15, 0.2) is 16.6 Å². The van der Waals surface area contributed by atoms with Crippen molar-refractivity contribution in [2.75, 3.05) is 6.61 Å². The topological polar surface area (TPSA) is 26.3 Å². The van der Waals surface area contributed by atoms with E-state index in [4.69, 9.17) is 4.74 Å². The third-order valence-electron chi connectivity index (χ3n) is 3.34. The third-order valence-corrected chi connectivity index (χ3v) is 3.79. The fraction of sp³-hybridized carbons (Fsp3) is 0.500. The first-order valence-electron chi connectivity index (χ1n) is 6.08. The highest BCUT2D eigenvalue weighted by atomic mass is 79.9. The molecular weight excluding hydrogens is 318 g/mol. The lowest BCUT2D eigenvalue weighted by Crippen LogP contribution is -2.26. The number of hydrogen-bond donors (Lipinski definition) is 0. The van der Waals surface area contributed by atoms with E-state index in [0.717, 1.165) is 27.8 Å². The van der Waals surface area contributed by atoms with Gasteiger partial charge in [-0.15, -0.1) is 0 Å². The monoisotopic (exact) mass is 332 g/mol. The molecule has 0 radical (unpaired) electrons. The second kappa shape index (κ2) is 5.19. The van der Waals surface area contributed by atoms with E-state index in [1.165, 1.54) is 0 Å². The van der Waals surface area contributed by atoms with Gasteiger partial charge in [0.05, 0.1) is 6.61 Å². The van der Waals surface area contributed by atoms with Crippen LogP contribution in [-0.4, -0.2) is 18.8 Å². The Morgan fingerprint density at radius 1 is 1.47 bits per heavy atom. The van der Waals surface area contributed by atoms with Gasteiger partial charge >= 0.3 is 0 Å². The second-order valence-corrected chi connectivity index (χ2v) is 6.28. The van der Waals surface area contributed by atoms with Crippen LogP contribution in [0, 0.1) is 0 Å². The number of ketones is 1. The fourth-order valence-electron chi connectivity index (χ4n) is 2.38. The van der Waals surface area contributed by atoms with Gasteiger partial charge < -0.3 is 4.74 Å². The van der Waals surface area contributed by atoms with Crippen molar-refractivity contribution in [3.63, 3.8) is 0 Å². The van der Waals surface area contributed by atoms with Gasteiger partial charge in [0, 0.05) is 28.3 Å². The minimum Gasteiger partial charge on any atom is -0.493 e. The van der Waals surface area contributed by atoms with Crippen LogP contribution >= 0.6 is 15.9 Å². The van der Waals surface area contributed by atoms with Crippen LogP contribution in [0.25, 0.3) is 0 Å². The van der Waals surface area contributed by atoms with Gasteiger partial charge in [-0.3, -0.25) is 4.79 Å². The van der Waals surface area contributed by atoms with Crippen molar-refractivity contribution in [1.82, 2.24) is 0 Å². The number of carbonyl (C=O) groups is 1. The van der Waals surface area contributed by atoms with Crippen molar-refractivity contribution in [3.05, 3.63) is 27.7 Å². The van der Waals surface area contributed by atoms with Crippen molar-refractivity contribution < 1.29 is 18.3 Å². The summed E-state index contributed by atoms with van der Waals surface area (Å²) in [5.41, 5.74) is 1.19. The molecule has 0 N–H and O–H groups in total. The van der Waals surface area contributed by atoms with Crippen molar-refractivity contribution in [2.45, 2.75) is 38.5 Å². The van der Waals surface area contributed by atoms with Gasteiger partial charge in [-0.05, 0) is 17.7 Å². The first-order valence-corrected chi connectivity index (χ1v) is 6.87. The van der Waals surface area contributed by atoms with Gasteiger partial charge in [-0.2, -0.15) is 0 Å². The van der Waals surface area contributed by atoms with Gasteiger partial charge in [0.15, 0.2) is 5.78 Å². The van der Waals surface area contributed by atoms with Gasteiger partial charge in [0.2, 0.25) is 0 Å². The predicted octanol–water partition coefficient (Wildman–Crippen LogP) is 3.89. The molecule has 0 saturated heterocycles. The minimum absolute atomic E-state index is 0.198. The zero-order valence-corrected chi connectivity index (χ0v) is 12.4. The normalized spacial score (nSPS) is 14.4. The minimum atomic E-state index is -2.92. The highest BCUT2D eigenvalue weighted by molar-refractivity contribution is 9.10. The highest BCUT2D eigenvalue weighted by Gasteiger charge is 2.33. The molecule has 1 heterocycles. The lowest BCUT2D eigenvalue weighted by atomic mass is 9.79. The van der Waals surface area contributed by atoms with Crippen LogP contribution in [0.5, 0.6) is 5.75 Å². The smallest absolute Gasteiger partial charge is 0.296 e. The first kappa shape index (κ1) is 14.4. The Morgan fingerprint density at radius 2 is 2.16 bits per heavy atom. The average molecular weight is 333 g/mol. The van der Waals surface area contributed by atoms with Crippen LogP contribution < -0.4 is 4.74 Å².